The van der Waals surface area contributed by atoms with Crippen molar-refractivity contribution >= 4 is 41.0 Å². The molecule has 3 aromatic carbocycles. The zero-order valence-corrected chi connectivity index (χ0v) is 20.6. The Labute approximate surface area is 211 Å². The molecule has 3 N–H and O–H groups in total. The number of benzene rings is 3. The fourth-order valence-electron chi connectivity index (χ4n) is 3.16. The Balaban J connectivity index is 1.91. The minimum Gasteiger partial charge on any atom is -0.508 e. The number of hydrogen-bond donors (Lipinski definition) is 3. The molecular formula is C25H23Cl2NO7. The van der Waals surface area contributed by atoms with Crippen LogP contribution in [0.5, 0.6) is 28.7 Å². The summed E-state index contributed by atoms with van der Waals surface area (Å²) in [7, 11) is 0. The molecule has 0 aliphatic carbocycles. The van der Waals surface area contributed by atoms with Gasteiger partial charge in [0.25, 0.3) is 0 Å². The predicted octanol–water partition coefficient (Wildman–Crippen LogP) is 6.58. The van der Waals surface area contributed by atoms with E-state index >= 15 is 0 Å². The van der Waals surface area contributed by atoms with Crippen LogP contribution < -0.4 is 14.4 Å². The summed E-state index contributed by atoms with van der Waals surface area (Å²) < 4.78 is 11.1. The molecule has 0 atom stereocenters. The molecule has 0 spiro atoms. The summed E-state index contributed by atoms with van der Waals surface area (Å²) >= 11 is 12.8. The Morgan fingerprint density at radius 1 is 0.914 bits per heavy atom. The molecule has 3 aromatic rings. The molecule has 0 radical (unpaired) electrons. The molecule has 0 aliphatic rings. The van der Waals surface area contributed by atoms with Crippen LogP contribution in [-0.4, -0.2) is 33.9 Å². The van der Waals surface area contributed by atoms with Gasteiger partial charge in [-0.25, -0.2) is 4.79 Å². The summed E-state index contributed by atoms with van der Waals surface area (Å²) in [5.41, 5.74) is 0.374. The number of rotatable bonds is 6. The molecule has 35 heavy (non-hydrogen) atoms. The molecule has 3 rings (SSSR count). The van der Waals surface area contributed by atoms with Crippen molar-refractivity contribution in [2.75, 3.05) is 11.4 Å². The number of carboxylic acid groups (broad SMARTS) is 1. The van der Waals surface area contributed by atoms with Gasteiger partial charge in [-0.2, -0.15) is 0 Å². The lowest BCUT2D eigenvalue weighted by atomic mass is 9.86. The van der Waals surface area contributed by atoms with Crippen molar-refractivity contribution in [2.24, 2.45) is 0 Å². The second kappa shape index (κ2) is 10.3. The van der Waals surface area contributed by atoms with Crippen molar-refractivity contribution in [1.29, 1.82) is 0 Å². The van der Waals surface area contributed by atoms with E-state index in [2.05, 4.69) is 0 Å². The van der Waals surface area contributed by atoms with Crippen molar-refractivity contribution in [3.63, 3.8) is 0 Å². The average Bonchev–Trinajstić information content (AvgIpc) is 2.76. The average molecular weight is 520 g/mol. The molecule has 0 saturated heterocycles. The molecule has 8 nitrogen and oxygen atoms in total. The summed E-state index contributed by atoms with van der Waals surface area (Å²) in [5.74, 6) is -0.636. The van der Waals surface area contributed by atoms with Crippen LogP contribution in [0, 0.1) is 0 Å². The summed E-state index contributed by atoms with van der Waals surface area (Å²) in [4.78, 5) is 25.0. The number of carboxylic acids is 1. The van der Waals surface area contributed by atoms with Gasteiger partial charge in [-0.15, -0.1) is 0 Å². The third-order valence-corrected chi connectivity index (χ3v) is 5.41. The molecule has 1 amide bonds. The normalized spacial score (nSPS) is 11.1. The van der Waals surface area contributed by atoms with Gasteiger partial charge in [0, 0.05) is 5.56 Å². The first kappa shape index (κ1) is 26.0. The Morgan fingerprint density at radius 3 is 2.03 bits per heavy atom. The third-order valence-electron chi connectivity index (χ3n) is 4.85. The number of hydrogen-bond acceptors (Lipinski definition) is 6. The number of phenolic OH excluding ortho intramolecular Hbond substituents is 2. The lowest BCUT2D eigenvalue weighted by Crippen LogP contribution is -2.37. The van der Waals surface area contributed by atoms with Gasteiger partial charge < -0.3 is 24.8 Å². The van der Waals surface area contributed by atoms with E-state index in [4.69, 9.17) is 32.7 Å². The van der Waals surface area contributed by atoms with Crippen molar-refractivity contribution in [2.45, 2.75) is 26.2 Å². The van der Waals surface area contributed by atoms with Gasteiger partial charge in [-0.1, -0.05) is 44.0 Å². The van der Waals surface area contributed by atoms with Crippen LogP contribution >= 0.6 is 23.2 Å². The zero-order valence-electron chi connectivity index (χ0n) is 19.1. The predicted molar refractivity (Wildman–Crippen MR) is 132 cm³/mol. The van der Waals surface area contributed by atoms with Crippen LogP contribution in [0.3, 0.4) is 0 Å². The Hall–Kier alpha value is -3.62. The van der Waals surface area contributed by atoms with Gasteiger partial charge in [0.15, 0.2) is 5.75 Å². The van der Waals surface area contributed by atoms with Gasteiger partial charge in [0.2, 0.25) is 0 Å². The monoisotopic (exact) mass is 519 g/mol. The molecule has 0 bridgehead atoms. The van der Waals surface area contributed by atoms with Gasteiger partial charge in [0.1, 0.15) is 29.5 Å². The van der Waals surface area contributed by atoms with Crippen LogP contribution in [0.25, 0.3) is 0 Å². The number of carbonyl (C=O) groups excluding carboxylic acids is 1. The Bertz CT molecular complexity index is 1230. The van der Waals surface area contributed by atoms with E-state index in [1.54, 1.807) is 12.1 Å². The minimum absolute atomic E-state index is 0.0192. The molecule has 0 aromatic heterocycles. The number of anilines is 1. The van der Waals surface area contributed by atoms with Gasteiger partial charge >= 0.3 is 12.1 Å². The van der Waals surface area contributed by atoms with Crippen molar-refractivity contribution < 1.29 is 34.4 Å². The van der Waals surface area contributed by atoms with E-state index in [0.717, 1.165) is 4.90 Å². The lowest BCUT2D eigenvalue weighted by Gasteiger charge is -2.23. The molecule has 0 saturated carbocycles. The molecule has 184 valence electrons. The molecule has 0 fully saturated rings. The number of aromatic hydroxyl groups is 2. The fourth-order valence-corrected chi connectivity index (χ4v) is 3.72. The number of amides is 1. The van der Waals surface area contributed by atoms with E-state index < -0.39 is 18.6 Å². The molecule has 0 aliphatic heterocycles. The van der Waals surface area contributed by atoms with Gasteiger partial charge in [-0.3, -0.25) is 9.69 Å². The standard InChI is InChI=1S/C25H23Cl2NO7/c1-25(2,3)18-12-17(8-9-21(18)30)34-23-19(26)10-14(11-20(23)27)28(13-22(31)32)24(33)35-16-6-4-15(29)5-7-16/h4-12,29-30H,13H2,1-3H3,(H,31,32). The molecule has 0 heterocycles. The van der Waals surface area contributed by atoms with Crippen LogP contribution in [0.1, 0.15) is 26.3 Å². The Morgan fingerprint density at radius 2 is 1.49 bits per heavy atom. The fraction of sp³-hybridized carbons (Fsp3) is 0.200. The second-order valence-electron chi connectivity index (χ2n) is 8.61. The maximum atomic E-state index is 12.7. The number of halogens is 2. The molecule has 0 unspecified atom stereocenters. The number of nitrogens with zero attached hydrogens (tertiary/aromatic N) is 1. The maximum absolute atomic E-state index is 12.7. The first-order valence-corrected chi connectivity index (χ1v) is 11.1. The smallest absolute Gasteiger partial charge is 0.420 e. The highest BCUT2D eigenvalue weighted by atomic mass is 35.5. The first-order chi connectivity index (χ1) is 16.3. The highest BCUT2D eigenvalue weighted by molar-refractivity contribution is 6.37. The van der Waals surface area contributed by atoms with E-state index in [9.17, 15) is 24.9 Å². The maximum Gasteiger partial charge on any atom is 0.420 e. The second-order valence-corrected chi connectivity index (χ2v) is 9.43. The van der Waals surface area contributed by atoms with E-state index in [0.29, 0.717) is 11.3 Å². The number of ether oxygens (including phenoxy) is 2. The van der Waals surface area contributed by atoms with Crippen molar-refractivity contribution in [1.82, 2.24) is 0 Å². The summed E-state index contributed by atoms with van der Waals surface area (Å²) in [6.07, 6.45) is -0.993. The summed E-state index contributed by atoms with van der Waals surface area (Å²) in [5, 5.41) is 28.9. The quantitative estimate of drug-likeness (QED) is 0.336. The largest absolute Gasteiger partial charge is 0.508 e. The van der Waals surface area contributed by atoms with E-state index in [1.807, 2.05) is 20.8 Å². The SMILES string of the molecule is CC(C)(C)c1cc(Oc2c(Cl)cc(N(CC(=O)O)C(=O)Oc3ccc(O)cc3)cc2Cl)ccc1O. The number of carbonyl (C=O) groups is 2. The summed E-state index contributed by atoms with van der Waals surface area (Å²) in [6.45, 7) is 5.09. The first-order valence-electron chi connectivity index (χ1n) is 10.4. The lowest BCUT2D eigenvalue weighted by molar-refractivity contribution is -0.135. The van der Waals surface area contributed by atoms with E-state index in [-0.39, 0.29) is 44.1 Å². The van der Waals surface area contributed by atoms with Crippen LogP contribution in [0.15, 0.2) is 54.6 Å². The third kappa shape index (κ3) is 6.49. The van der Waals surface area contributed by atoms with Gasteiger partial charge in [-0.05, 0) is 60.0 Å². The van der Waals surface area contributed by atoms with Gasteiger partial charge in [0.05, 0.1) is 15.7 Å². The summed E-state index contributed by atoms with van der Waals surface area (Å²) in [6, 6.07) is 12.7. The Kier molecular flexibility index (Phi) is 7.67. The molecular weight excluding hydrogens is 497 g/mol. The highest BCUT2D eigenvalue weighted by Crippen LogP contribution is 2.42. The number of phenols is 2. The zero-order chi connectivity index (χ0) is 25.9. The topological polar surface area (TPSA) is 117 Å². The minimum atomic E-state index is -1.29. The molecule has 10 heteroatoms. The van der Waals surface area contributed by atoms with Crippen molar-refractivity contribution in [3.8, 4) is 28.7 Å². The highest BCUT2D eigenvalue weighted by Gasteiger charge is 2.24. The van der Waals surface area contributed by atoms with Crippen LogP contribution in [0.2, 0.25) is 10.0 Å². The van der Waals surface area contributed by atoms with E-state index in [1.165, 1.54) is 42.5 Å². The van der Waals surface area contributed by atoms with Crippen LogP contribution in [0.4, 0.5) is 10.5 Å². The van der Waals surface area contributed by atoms with Crippen molar-refractivity contribution in [3.05, 3.63) is 70.2 Å². The number of aliphatic carboxylic acids is 1. The van der Waals surface area contributed by atoms with Crippen LogP contribution in [-0.2, 0) is 10.2 Å².